The van der Waals surface area contributed by atoms with Gasteiger partial charge < -0.3 is 9.47 Å². The van der Waals surface area contributed by atoms with Crippen LogP contribution in [0.5, 0.6) is 5.75 Å². The molecule has 1 aliphatic rings. The number of nitrogens with two attached hydrogens (primary N) is 1. The Morgan fingerprint density at radius 2 is 2.20 bits per heavy atom. The van der Waals surface area contributed by atoms with Crippen LogP contribution >= 0.6 is 0 Å². The standard InChI is InChI=1S/C14H18N4O2/c1-18-14(12(19-2)6-16-18)13(17-15)9-3-4-10-7-20-8-11(10)5-9/h3-6,13,17H,7-8,15H2,1-2H3. The molecule has 6 nitrogen and oxygen atoms in total. The highest BCUT2D eigenvalue weighted by atomic mass is 16.5. The zero-order valence-corrected chi connectivity index (χ0v) is 11.6. The molecule has 0 fully saturated rings. The van der Waals surface area contributed by atoms with E-state index in [-0.39, 0.29) is 6.04 Å². The predicted molar refractivity (Wildman–Crippen MR) is 73.9 cm³/mol. The van der Waals surface area contributed by atoms with Gasteiger partial charge in [-0.2, -0.15) is 5.10 Å². The molecule has 0 saturated heterocycles. The maximum Gasteiger partial charge on any atom is 0.161 e. The van der Waals surface area contributed by atoms with Crippen LogP contribution in [0.4, 0.5) is 0 Å². The molecule has 0 radical (unpaired) electrons. The molecular weight excluding hydrogens is 256 g/mol. The SMILES string of the molecule is COc1cnn(C)c1C(NN)c1ccc2c(c1)COC2. The summed E-state index contributed by atoms with van der Waals surface area (Å²) in [5.41, 5.74) is 7.26. The van der Waals surface area contributed by atoms with Crippen LogP contribution in [0.1, 0.15) is 28.4 Å². The molecular formula is C14H18N4O2. The number of methoxy groups -OCH3 is 1. The van der Waals surface area contributed by atoms with Gasteiger partial charge in [-0.3, -0.25) is 10.5 Å². The van der Waals surface area contributed by atoms with Crippen molar-refractivity contribution in [1.82, 2.24) is 15.2 Å². The third-order valence-corrected chi connectivity index (χ3v) is 3.69. The maximum absolute atomic E-state index is 5.76. The Labute approximate surface area is 117 Å². The summed E-state index contributed by atoms with van der Waals surface area (Å²) in [6, 6.07) is 6.09. The van der Waals surface area contributed by atoms with Gasteiger partial charge in [-0.05, 0) is 16.7 Å². The summed E-state index contributed by atoms with van der Waals surface area (Å²) in [6.07, 6.45) is 1.69. The number of hydrazine groups is 1. The van der Waals surface area contributed by atoms with E-state index < -0.39 is 0 Å². The topological polar surface area (TPSA) is 74.3 Å². The van der Waals surface area contributed by atoms with Crippen LogP contribution in [-0.4, -0.2) is 16.9 Å². The van der Waals surface area contributed by atoms with Gasteiger partial charge in [0.25, 0.3) is 0 Å². The number of benzene rings is 1. The van der Waals surface area contributed by atoms with Crippen molar-refractivity contribution in [3.05, 3.63) is 46.8 Å². The second-order valence-corrected chi connectivity index (χ2v) is 4.84. The smallest absolute Gasteiger partial charge is 0.161 e. The molecule has 0 amide bonds. The van der Waals surface area contributed by atoms with Gasteiger partial charge in [0.05, 0.1) is 32.6 Å². The van der Waals surface area contributed by atoms with Crippen LogP contribution in [0, 0.1) is 0 Å². The first-order valence-electron chi connectivity index (χ1n) is 6.46. The highest BCUT2D eigenvalue weighted by Gasteiger charge is 2.23. The molecule has 0 spiro atoms. The summed E-state index contributed by atoms with van der Waals surface area (Å²) >= 11 is 0. The summed E-state index contributed by atoms with van der Waals surface area (Å²) in [7, 11) is 3.50. The Morgan fingerprint density at radius 1 is 1.40 bits per heavy atom. The number of aromatic nitrogens is 2. The average molecular weight is 274 g/mol. The molecule has 1 unspecified atom stereocenters. The average Bonchev–Trinajstić information content (AvgIpc) is 3.07. The minimum Gasteiger partial charge on any atom is -0.493 e. The number of nitrogens with zero attached hydrogens (tertiary/aromatic N) is 2. The number of ether oxygens (including phenoxy) is 2. The molecule has 0 bridgehead atoms. The monoisotopic (exact) mass is 274 g/mol. The fourth-order valence-corrected chi connectivity index (χ4v) is 2.62. The molecule has 6 heteroatoms. The van der Waals surface area contributed by atoms with Crippen molar-refractivity contribution in [2.75, 3.05) is 7.11 Å². The van der Waals surface area contributed by atoms with E-state index in [9.17, 15) is 0 Å². The molecule has 1 aromatic carbocycles. The Balaban J connectivity index is 2.03. The molecule has 1 atom stereocenters. The van der Waals surface area contributed by atoms with E-state index in [1.54, 1.807) is 18.0 Å². The van der Waals surface area contributed by atoms with Crippen molar-refractivity contribution in [3.8, 4) is 5.75 Å². The van der Waals surface area contributed by atoms with E-state index in [1.165, 1.54) is 11.1 Å². The fourth-order valence-electron chi connectivity index (χ4n) is 2.62. The molecule has 106 valence electrons. The summed E-state index contributed by atoms with van der Waals surface area (Å²) in [4.78, 5) is 0. The Kier molecular flexibility index (Phi) is 3.43. The zero-order valence-electron chi connectivity index (χ0n) is 11.6. The minimum atomic E-state index is -0.177. The first-order valence-corrected chi connectivity index (χ1v) is 6.46. The Bertz CT molecular complexity index is 624. The lowest BCUT2D eigenvalue weighted by Gasteiger charge is -2.19. The third-order valence-electron chi connectivity index (χ3n) is 3.69. The van der Waals surface area contributed by atoms with Crippen LogP contribution < -0.4 is 16.0 Å². The van der Waals surface area contributed by atoms with E-state index in [1.807, 2.05) is 7.05 Å². The van der Waals surface area contributed by atoms with Crippen LogP contribution in [0.3, 0.4) is 0 Å². The van der Waals surface area contributed by atoms with Gasteiger partial charge in [-0.15, -0.1) is 0 Å². The van der Waals surface area contributed by atoms with Crippen LogP contribution in [0.15, 0.2) is 24.4 Å². The lowest BCUT2D eigenvalue weighted by atomic mass is 9.99. The van der Waals surface area contributed by atoms with Crippen LogP contribution in [-0.2, 0) is 25.0 Å². The molecule has 2 heterocycles. The van der Waals surface area contributed by atoms with E-state index in [0.717, 1.165) is 11.3 Å². The van der Waals surface area contributed by atoms with Gasteiger partial charge in [-0.25, -0.2) is 5.43 Å². The normalized spacial score (nSPS) is 15.2. The van der Waals surface area contributed by atoms with Gasteiger partial charge in [-0.1, -0.05) is 18.2 Å². The number of nitrogens with one attached hydrogen (secondary N) is 1. The van der Waals surface area contributed by atoms with Crippen molar-refractivity contribution in [3.63, 3.8) is 0 Å². The second kappa shape index (κ2) is 5.24. The molecule has 20 heavy (non-hydrogen) atoms. The van der Waals surface area contributed by atoms with E-state index in [4.69, 9.17) is 15.3 Å². The summed E-state index contributed by atoms with van der Waals surface area (Å²) in [6.45, 7) is 1.34. The van der Waals surface area contributed by atoms with E-state index in [0.29, 0.717) is 19.0 Å². The number of aryl methyl sites for hydroxylation is 1. The molecule has 1 aliphatic heterocycles. The van der Waals surface area contributed by atoms with Crippen molar-refractivity contribution in [2.24, 2.45) is 12.9 Å². The molecule has 2 aromatic rings. The quantitative estimate of drug-likeness (QED) is 0.643. The van der Waals surface area contributed by atoms with Crippen molar-refractivity contribution in [1.29, 1.82) is 0 Å². The van der Waals surface area contributed by atoms with Gasteiger partial charge in [0.15, 0.2) is 5.75 Å². The summed E-state index contributed by atoms with van der Waals surface area (Å²) in [5.74, 6) is 6.47. The summed E-state index contributed by atoms with van der Waals surface area (Å²) < 4.78 is 12.6. The highest BCUT2D eigenvalue weighted by molar-refractivity contribution is 5.40. The molecule has 3 N–H and O–H groups in total. The van der Waals surface area contributed by atoms with Gasteiger partial charge in [0, 0.05) is 7.05 Å². The van der Waals surface area contributed by atoms with Gasteiger partial charge >= 0.3 is 0 Å². The van der Waals surface area contributed by atoms with Crippen LogP contribution in [0.2, 0.25) is 0 Å². The number of hydrogen-bond acceptors (Lipinski definition) is 5. The first kappa shape index (κ1) is 13.1. The molecule has 3 rings (SSSR count). The number of hydrogen-bond donors (Lipinski definition) is 2. The summed E-state index contributed by atoms with van der Waals surface area (Å²) in [5, 5.41) is 4.23. The largest absolute Gasteiger partial charge is 0.493 e. The van der Waals surface area contributed by atoms with Crippen LogP contribution in [0.25, 0.3) is 0 Å². The third kappa shape index (κ3) is 2.07. The lowest BCUT2D eigenvalue weighted by molar-refractivity contribution is 0.134. The predicted octanol–water partition coefficient (Wildman–Crippen LogP) is 1.01. The first-order chi connectivity index (χ1) is 9.74. The Hall–Kier alpha value is -1.89. The van der Waals surface area contributed by atoms with Crippen molar-refractivity contribution >= 4 is 0 Å². The molecule has 0 aliphatic carbocycles. The van der Waals surface area contributed by atoms with E-state index in [2.05, 4.69) is 28.7 Å². The second-order valence-electron chi connectivity index (χ2n) is 4.84. The van der Waals surface area contributed by atoms with E-state index >= 15 is 0 Å². The van der Waals surface area contributed by atoms with Crippen molar-refractivity contribution < 1.29 is 9.47 Å². The Morgan fingerprint density at radius 3 is 2.95 bits per heavy atom. The number of rotatable bonds is 4. The minimum absolute atomic E-state index is 0.177. The fraction of sp³-hybridized carbons (Fsp3) is 0.357. The highest BCUT2D eigenvalue weighted by Crippen LogP contribution is 2.31. The molecule has 0 saturated carbocycles. The lowest BCUT2D eigenvalue weighted by Crippen LogP contribution is -2.30. The maximum atomic E-state index is 5.76. The van der Waals surface area contributed by atoms with Crippen molar-refractivity contribution in [2.45, 2.75) is 19.3 Å². The van der Waals surface area contributed by atoms with Gasteiger partial charge in [0.1, 0.15) is 5.69 Å². The zero-order chi connectivity index (χ0) is 14.1. The number of fused-ring (bicyclic) bond motifs is 1. The molecule has 1 aromatic heterocycles. The van der Waals surface area contributed by atoms with Gasteiger partial charge in [0.2, 0.25) is 0 Å².